The molecule has 0 radical (unpaired) electrons. The Bertz CT molecular complexity index is 268. The van der Waals surface area contributed by atoms with Crippen LogP contribution in [-0.2, 0) is 0 Å². The minimum absolute atomic E-state index is 0.787. The van der Waals surface area contributed by atoms with Crippen LogP contribution in [0.15, 0.2) is 11.2 Å². The van der Waals surface area contributed by atoms with Gasteiger partial charge in [-0.25, -0.2) is 9.97 Å². The van der Waals surface area contributed by atoms with Crippen LogP contribution in [0.25, 0.3) is 0 Å². The van der Waals surface area contributed by atoms with Crippen LogP contribution < -0.4 is 10.6 Å². The predicted octanol–water partition coefficient (Wildman–Crippen LogP) is 2.06. The third-order valence-electron chi connectivity index (χ3n) is 1.70. The molecule has 2 N–H and O–H groups in total. The van der Waals surface area contributed by atoms with Crippen LogP contribution in [0.1, 0.15) is 13.3 Å². The fraction of sp³-hybridized carbons (Fsp3) is 0.556. The maximum absolute atomic E-state index is 4.34. The molecular formula is C9H16N4S. The average molecular weight is 212 g/mol. The molecule has 1 aromatic rings. The van der Waals surface area contributed by atoms with Gasteiger partial charge in [-0.2, -0.15) is 0 Å². The second-order valence-corrected chi connectivity index (χ2v) is 3.58. The van der Waals surface area contributed by atoms with Crippen molar-refractivity contribution in [1.29, 1.82) is 0 Å². The number of thioether (sulfide) groups is 1. The van der Waals surface area contributed by atoms with E-state index in [1.807, 2.05) is 19.4 Å². The third-order valence-corrected chi connectivity index (χ3v) is 2.25. The average Bonchev–Trinajstić information content (AvgIpc) is 2.25. The first-order valence-electron chi connectivity index (χ1n) is 4.64. The van der Waals surface area contributed by atoms with Crippen LogP contribution in [0.3, 0.4) is 0 Å². The number of nitrogens with one attached hydrogen (secondary N) is 2. The molecule has 0 aromatic carbocycles. The molecule has 5 heteroatoms. The first-order valence-corrected chi connectivity index (χ1v) is 5.87. The minimum atomic E-state index is 0.787. The topological polar surface area (TPSA) is 49.8 Å². The maximum atomic E-state index is 4.34. The van der Waals surface area contributed by atoms with Crippen molar-refractivity contribution in [2.45, 2.75) is 18.5 Å². The summed E-state index contributed by atoms with van der Waals surface area (Å²) in [7, 11) is 1.86. The molecule has 0 aliphatic rings. The summed E-state index contributed by atoms with van der Waals surface area (Å²) in [5.41, 5.74) is 0. The van der Waals surface area contributed by atoms with E-state index in [0.717, 1.165) is 29.8 Å². The zero-order chi connectivity index (χ0) is 10.4. The highest BCUT2D eigenvalue weighted by Gasteiger charge is 2.01. The molecule has 0 amide bonds. The predicted molar refractivity (Wildman–Crippen MR) is 62.1 cm³/mol. The Morgan fingerprint density at radius 2 is 2.07 bits per heavy atom. The Kier molecular flexibility index (Phi) is 4.52. The molecule has 0 fully saturated rings. The molecular weight excluding hydrogens is 196 g/mol. The smallest absolute Gasteiger partial charge is 0.191 e. The van der Waals surface area contributed by atoms with Gasteiger partial charge in [0.2, 0.25) is 0 Å². The molecule has 1 rings (SSSR count). The van der Waals surface area contributed by atoms with Gasteiger partial charge < -0.3 is 10.6 Å². The van der Waals surface area contributed by atoms with E-state index in [9.17, 15) is 0 Å². The highest BCUT2D eigenvalue weighted by molar-refractivity contribution is 7.98. The number of anilines is 2. The molecule has 1 heterocycles. The number of hydrogen-bond acceptors (Lipinski definition) is 5. The van der Waals surface area contributed by atoms with E-state index in [4.69, 9.17) is 0 Å². The summed E-state index contributed by atoms with van der Waals surface area (Å²) in [6.07, 6.45) is 3.06. The van der Waals surface area contributed by atoms with Gasteiger partial charge in [-0.05, 0) is 12.7 Å². The van der Waals surface area contributed by atoms with Crippen LogP contribution in [0.2, 0.25) is 0 Å². The lowest BCUT2D eigenvalue weighted by Gasteiger charge is -2.07. The molecule has 14 heavy (non-hydrogen) atoms. The van der Waals surface area contributed by atoms with Crippen molar-refractivity contribution in [1.82, 2.24) is 9.97 Å². The van der Waals surface area contributed by atoms with Crippen molar-refractivity contribution in [2.24, 2.45) is 0 Å². The van der Waals surface area contributed by atoms with Gasteiger partial charge in [0.1, 0.15) is 11.6 Å². The molecule has 0 saturated heterocycles. The molecule has 0 unspecified atom stereocenters. The summed E-state index contributed by atoms with van der Waals surface area (Å²) >= 11 is 1.54. The second-order valence-electron chi connectivity index (χ2n) is 2.80. The van der Waals surface area contributed by atoms with Crippen molar-refractivity contribution in [3.05, 3.63) is 6.07 Å². The first-order chi connectivity index (χ1) is 6.80. The highest BCUT2D eigenvalue weighted by Crippen LogP contribution is 2.16. The van der Waals surface area contributed by atoms with Crippen molar-refractivity contribution in [2.75, 3.05) is 30.5 Å². The third kappa shape index (κ3) is 3.06. The van der Waals surface area contributed by atoms with Gasteiger partial charge in [-0.15, -0.1) is 0 Å². The molecule has 0 saturated carbocycles. The van der Waals surface area contributed by atoms with Crippen LogP contribution >= 0.6 is 11.8 Å². The van der Waals surface area contributed by atoms with E-state index in [1.165, 1.54) is 0 Å². The second kappa shape index (κ2) is 5.70. The molecule has 0 aliphatic carbocycles. The molecule has 0 atom stereocenters. The SMILES string of the molecule is CCCNc1cc(NC)nc(SC)n1. The lowest BCUT2D eigenvalue weighted by atomic mass is 10.4. The maximum Gasteiger partial charge on any atom is 0.191 e. The van der Waals surface area contributed by atoms with E-state index in [-0.39, 0.29) is 0 Å². The Labute approximate surface area is 88.9 Å². The first kappa shape index (κ1) is 11.1. The number of nitrogens with zero attached hydrogens (tertiary/aromatic N) is 2. The quantitative estimate of drug-likeness (QED) is 0.578. The lowest BCUT2D eigenvalue weighted by Crippen LogP contribution is -2.05. The molecule has 0 aliphatic heterocycles. The highest BCUT2D eigenvalue weighted by atomic mass is 32.2. The zero-order valence-corrected chi connectivity index (χ0v) is 9.61. The van der Waals surface area contributed by atoms with Gasteiger partial charge in [-0.3, -0.25) is 0 Å². The molecule has 0 bridgehead atoms. The van der Waals surface area contributed by atoms with Crippen molar-refractivity contribution in [3.63, 3.8) is 0 Å². The summed E-state index contributed by atoms with van der Waals surface area (Å²) < 4.78 is 0. The molecule has 1 aromatic heterocycles. The summed E-state index contributed by atoms with van der Waals surface area (Å²) in [4.78, 5) is 8.62. The summed E-state index contributed by atoms with van der Waals surface area (Å²) in [5.74, 6) is 1.73. The van der Waals surface area contributed by atoms with Crippen LogP contribution in [0.4, 0.5) is 11.6 Å². The summed E-state index contributed by atoms with van der Waals surface area (Å²) in [6, 6.07) is 1.91. The number of aromatic nitrogens is 2. The number of rotatable bonds is 5. The zero-order valence-electron chi connectivity index (χ0n) is 8.79. The molecule has 78 valence electrons. The van der Waals surface area contributed by atoms with Crippen LogP contribution in [0.5, 0.6) is 0 Å². The van der Waals surface area contributed by atoms with Crippen molar-refractivity contribution >= 4 is 23.4 Å². The van der Waals surface area contributed by atoms with Crippen molar-refractivity contribution < 1.29 is 0 Å². The number of hydrogen-bond donors (Lipinski definition) is 2. The fourth-order valence-corrected chi connectivity index (χ4v) is 1.37. The van der Waals surface area contributed by atoms with Crippen LogP contribution in [-0.4, -0.2) is 29.8 Å². The van der Waals surface area contributed by atoms with Gasteiger partial charge in [-0.1, -0.05) is 18.7 Å². The van der Waals surface area contributed by atoms with Gasteiger partial charge in [0, 0.05) is 19.7 Å². The molecule has 0 spiro atoms. The largest absolute Gasteiger partial charge is 0.373 e. The van der Waals surface area contributed by atoms with E-state index < -0.39 is 0 Å². The fourth-order valence-electron chi connectivity index (χ4n) is 0.988. The van der Waals surface area contributed by atoms with Gasteiger partial charge in [0.05, 0.1) is 0 Å². The van der Waals surface area contributed by atoms with Crippen molar-refractivity contribution in [3.8, 4) is 0 Å². The normalized spacial score (nSPS) is 9.93. The standard InChI is InChI=1S/C9H16N4S/c1-4-5-11-8-6-7(10-2)12-9(13-8)14-3/h6H,4-5H2,1-3H3,(H2,10,11,12,13). The Balaban J connectivity index is 2.81. The van der Waals surface area contributed by atoms with Gasteiger partial charge >= 0.3 is 0 Å². The Morgan fingerprint density at radius 1 is 1.36 bits per heavy atom. The van der Waals surface area contributed by atoms with E-state index in [2.05, 4.69) is 27.5 Å². The van der Waals surface area contributed by atoms with E-state index >= 15 is 0 Å². The van der Waals surface area contributed by atoms with Gasteiger partial charge in [0.15, 0.2) is 5.16 Å². The van der Waals surface area contributed by atoms with E-state index in [1.54, 1.807) is 11.8 Å². The summed E-state index contributed by atoms with van der Waals surface area (Å²) in [6.45, 7) is 3.07. The van der Waals surface area contributed by atoms with Gasteiger partial charge in [0.25, 0.3) is 0 Å². The Hall–Kier alpha value is -0.970. The van der Waals surface area contributed by atoms with Crippen LogP contribution in [0, 0.1) is 0 Å². The molecule has 4 nitrogen and oxygen atoms in total. The monoisotopic (exact) mass is 212 g/mol. The summed E-state index contributed by atoms with van der Waals surface area (Å²) in [5, 5.41) is 7.04. The Morgan fingerprint density at radius 3 is 2.64 bits per heavy atom. The lowest BCUT2D eigenvalue weighted by molar-refractivity contribution is 0.928. The minimum Gasteiger partial charge on any atom is -0.373 e. The van der Waals surface area contributed by atoms with E-state index in [0.29, 0.717) is 0 Å².